The van der Waals surface area contributed by atoms with Crippen LogP contribution in [0.3, 0.4) is 0 Å². The van der Waals surface area contributed by atoms with Crippen molar-refractivity contribution in [3.63, 3.8) is 0 Å². The van der Waals surface area contributed by atoms with Gasteiger partial charge in [0.2, 0.25) is 5.16 Å². The minimum atomic E-state index is -0.486. The van der Waals surface area contributed by atoms with E-state index in [-0.39, 0.29) is 0 Å². The molecule has 0 bridgehead atoms. The predicted octanol–water partition coefficient (Wildman–Crippen LogP) is 2.10. The van der Waals surface area contributed by atoms with Crippen molar-refractivity contribution in [2.45, 2.75) is 36.4 Å². The van der Waals surface area contributed by atoms with Crippen molar-refractivity contribution in [3.8, 4) is 0 Å². The molecule has 0 aliphatic heterocycles. The second-order valence-electron chi connectivity index (χ2n) is 3.65. The Labute approximate surface area is 104 Å². The first-order chi connectivity index (χ1) is 8.19. The van der Waals surface area contributed by atoms with E-state index in [1.54, 1.807) is 6.20 Å². The Morgan fingerprint density at radius 2 is 2.29 bits per heavy atom. The molecular formula is C11H14N4OS. The van der Waals surface area contributed by atoms with Crippen molar-refractivity contribution in [2.75, 3.05) is 0 Å². The summed E-state index contributed by atoms with van der Waals surface area (Å²) < 4.78 is 0. The van der Waals surface area contributed by atoms with Crippen LogP contribution < -0.4 is 0 Å². The molecule has 17 heavy (non-hydrogen) atoms. The molecule has 0 saturated heterocycles. The molecule has 2 aromatic heterocycles. The Morgan fingerprint density at radius 1 is 1.47 bits per heavy atom. The van der Waals surface area contributed by atoms with Crippen LogP contribution in [0, 0.1) is 6.92 Å². The lowest BCUT2D eigenvalue weighted by molar-refractivity contribution is 0.169. The number of nitrogens with zero attached hydrogens (tertiary/aromatic N) is 3. The summed E-state index contributed by atoms with van der Waals surface area (Å²) in [4.78, 5) is 9.37. The fraction of sp³-hybridized carbons (Fsp3) is 0.364. The van der Waals surface area contributed by atoms with Crippen LogP contribution in [0.5, 0.6) is 0 Å². The number of rotatable bonds is 4. The molecule has 2 aromatic rings. The maximum Gasteiger partial charge on any atom is 0.213 e. The minimum Gasteiger partial charge on any atom is -0.387 e. The van der Waals surface area contributed by atoms with Gasteiger partial charge in [-0.3, -0.25) is 10.1 Å². The number of aryl methyl sites for hydroxylation is 1. The zero-order valence-corrected chi connectivity index (χ0v) is 10.5. The lowest BCUT2D eigenvalue weighted by atomic mass is 10.2. The summed E-state index contributed by atoms with van der Waals surface area (Å²) in [7, 11) is 0. The monoisotopic (exact) mass is 250 g/mol. The minimum absolute atomic E-state index is 0.486. The molecular weight excluding hydrogens is 236 g/mol. The van der Waals surface area contributed by atoms with E-state index in [1.165, 1.54) is 11.8 Å². The van der Waals surface area contributed by atoms with Crippen molar-refractivity contribution in [3.05, 3.63) is 29.8 Å². The smallest absolute Gasteiger partial charge is 0.213 e. The Bertz CT molecular complexity index is 482. The van der Waals surface area contributed by atoms with Gasteiger partial charge in [-0.2, -0.15) is 0 Å². The highest BCUT2D eigenvalue weighted by Crippen LogP contribution is 2.24. The topological polar surface area (TPSA) is 74.7 Å². The standard InChI is InChI=1S/C11H14N4OS/c1-3-10(16)9-5-4-8(6-12-9)17-11-13-7(2)14-15-11/h4-6,10,16H,3H2,1-2H3,(H,13,14,15)/t10-/m1/s1. The van der Waals surface area contributed by atoms with E-state index in [9.17, 15) is 5.11 Å². The average molecular weight is 250 g/mol. The van der Waals surface area contributed by atoms with Gasteiger partial charge in [-0.25, -0.2) is 4.98 Å². The van der Waals surface area contributed by atoms with Crippen LogP contribution in [-0.2, 0) is 0 Å². The van der Waals surface area contributed by atoms with Gasteiger partial charge in [-0.15, -0.1) is 5.10 Å². The van der Waals surface area contributed by atoms with Crippen LogP contribution in [0.4, 0.5) is 0 Å². The Morgan fingerprint density at radius 3 is 2.82 bits per heavy atom. The first kappa shape index (κ1) is 12.1. The molecule has 0 radical (unpaired) electrons. The maximum absolute atomic E-state index is 9.61. The second-order valence-corrected chi connectivity index (χ2v) is 4.69. The van der Waals surface area contributed by atoms with Gasteiger partial charge in [0.15, 0.2) is 0 Å². The first-order valence-corrected chi connectivity index (χ1v) is 6.21. The van der Waals surface area contributed by atoms with E-state index in [1.807, 2.05) is 26.0 Å². The lowest BCUT2D eigenvalue weighted by Gasteiger charge is -2.06. The van der Waals surface area contributed by atoms with Gasteiger partial charge in [-0.1, -0.05) is 6.92 Å². The molecule has 90 valence electrons. The summed E-state index contributed by atoms with van der Waals surface area (Å²) in [5.74, 6) is 0.790. The van der Waals surface area contributed by atoms with Crippen LogP contribution >= 0.6 is 11.8 Å². The molecule has 0 aliphatic rings. The molecule has 0 saturated carbocycles. The van der Waals surface area contributed by atoms with Crippen LogP contribution in [0.15, 0.2) is 28.4 Å². The van der Waals surface area contributed by atoms with Crippen LogP contribution in [0.1, 0.15) is 31.0 Å². The molecule has 2 N–H and O–H groups in total. The van der Waals surface area contributed by atoms with E-state index in [2.05, 4.69) is 20.2 Å². The number of H-pyrrole nitrogens is 1. The average Bonchev–Trinajstić information content (AvgIpc) is 2.75. The van der Waals surface area contributed by atoms with E-state index in [4.69, 9.17) is 0 Å². The summed E-state index contributed by atoms with van der Waals surface area (Å²) in [6.07, 6.45) is 1.91. The summed E-state index contributed by atoms with van der Waals surface area (Å²) in [5.41, 5.74) is 0.697. The number of aliphatic hydroxyl groups is 1. The highest BCUT2D eigenvalue weighted by Gasteiger charge is 2.07. The molecule has 0 aliphatic carbocycles. The Balaban J connectivity index is 2.08. The van der Waals surface area contributed by atoms with Crippen molar-refractivity contribution in [1.82, 2.24) is 20.2 Å². The third kappa shape index (κ3) is 3.04. The maximum atomic E-state index is 9.61. The largest absolute Gasteiger partial charge is 0.387 e. The number of nitrogens with one attached hydrogen (secondary N) is 1. The van der Waals surface area contributed by atoms with E-state index in [0.29, 0.717) is 17.3 Å². The summed E-state index contributed by atoms with van der Waals surface area (Å²) in [6, 6.07) is 3.74. The number of pyridine rings is 1. The number of aliphatic hydroxyl groups excluding tert-OH is 1. The molecule has 1 atom stereocenters. The number of hydrogen-bond donors (Lipinski definition) is 2. The van der Waals surface area contributed by atoms with Crippen LogP contribution in [0.25, 0.3) is 0 Å². The van der Waals surface area contributed by atoms with Crippen molar-refractivity contribution in [2.24, 2.45) is 0 Å². The van der Waals surface area contributed by atoms with Crippen molar-refractivity contribution >= 4 is 11.8 Å². The fourth-order valence-corrected chi connectivity index (χ4v) is 2.06. The van der Waals surface area contributed by atoms with Crippen molar-refractivity contribution < 1.29 is 5.11 Å². The third-order valence-corrected chi connectivity index (χ3v) is 3.12. The van der Waals surface area contributed by atoms with Gasteiger partial charge in [0.1, 0.15) is 5.82 Å². The molecule has 0 spiro atoms. The normalized spacial score (nSPS) is 12.6. The first-order valence-electron chi connectivity index (χ1n) is 5.40. The molecule has 6 heteroatoms. The number of aromatic amines is 1. The van der Waals surface area contributed by atoms with E-state index in [0.717, 1.165) is 10.7 Å². The quantitative estimate of drug-likeness (QED) is 0.869. The molecule has 2 rings (SSSR count). The fourth-order valence-electron chi connectivity index (χ4n) is 1.33. The predicted molar refractivity (Wildman–Crippen MR) is 64.7 cm³/mol. The Kier molecular flexibility index (Phi) is 3.75. The summed E-state index contributed by atoms with van der Waals surface area (Å²) in [6.45, 7) is 3.78. The van der Waals surface area contributed by atoms with Gasteiger partial charge in [0.05, 0.1) is 11.8 Å². The summed E-state index contributed by atoms with van der Waals surface area (Å²) >= 11 is 1.44. The number of hydrogen-bond acceptors (Lipinski definition) is 5. The SMILES string of the molecule is CC[C@@H](O)c1ccc(Sc2n[nH]c(C)n2)cn1. The molecule has 0 fully saturated rings. The van der Waals surface area contributed by atoms with E-state index < -0.39 is 6.10 Å². The number of aromatic nitrogens is 4. The third-order valence-electron chi connectivity index (χ3n) is 2.27. The van der Waals surface area contributed by atoms with E-state index >= 15 is 0 Å². The Hall–Kier alpha value is -1.40. The van der Waals surface area contributed by atoms with Crippen LogP contribution in [0.2, 0.25) is 0 Å². The molecule has 0 aromatic carbocycles. The molecule has 0 amide bonds. The van der Waals surface area contributed by atoms with Gasteiger partial charge in [0.25, 0.3) is 0 Å². The molecule has 2 heterocycles. The lowest BCUT2D eigenvalue weighted by Crippen LogP contribution is -1.97. The van der Waals surface area contributed by atoms with Gasteiger partial charge < -0.3 is 5.11 Å². The van der Waals surface area contributed by atoms with Gasteiger partial charge >= 0.3 is 0 Å². The van der Waals surface area contributed by atoms with Crippen LogP contribution in [-0.4, -0.2) is 25.3 Å². The molecule has 0 unspecified atom stereocenters. The zero-order chi connectivity index (χ0) is 12.3. The van der Waals surface area contributed by atoms with Crippen molar-refractivity contribution in [1.29, 1.82) is 0 Å². The zero-order valence-electron chi connectivity index (χ0n) is 9.71. The molecule has 5 nitrogen and oxygen atoms in total. The highest BCUT2D eigenvalue weighted by atomic mass is 32.2. The highest BCUT2D eigenvalue weighted by molar-refractivity contribution is 7.99. The van der Waals surface area contributed by atoms with Gasteiger partial charge in [-0.05, 0) is 37.2 Å². The van der Waals surface area contributed by atoms with Gasteiger partial charge in [0, 0.05) is 11.1 Å². The second kappa shape index (κ2) is 5.29. The summed E-state index contributed by atoms with van der Waals surface area (Å²) in [5, 5.41) is 17.1.